The molecule has 0 spiro atoms. The van der Waals surface area contributed by atoms with Crippen molar-refractivity contribution in [2.45, 2.75) is 70.9 Å². The fourth-order valence-corrected chi connectivity index (χ4v) is 6.62. The maximum absolute atomic E-state index is 13.2. The van der Waals surface area contributed by atoms with E-state index in [2.05, 4.69) is 22.8 Å². The minimum absolute atomic E-state index is 0.259. The molecule has 1 fully saturated rings. The van der Waals surface area contributed by atoms with Gasteiger partial charge in [0, 0.05) is 23.0 Å². The Bertz CT molecular complexity index is 1730. The molecule has 42 heavy (non-hydrogen) atoms. The molecule has 6 nitrogen and oxygen atoms in total. The summed E-state index contributed by atoms with van der Waals surface area (Å²) in [5.41, 5.74) is 7.18. The molecule has 216 valence electrons. The van der Waals surface area contributed by atoms with Crippen LogP contribution >= 0.6 is 0 Å². The van der Waals surface area contributed by atoms with E-state index in [9.17, 15) is 14.7 Å². The smallest absolute Gasteiger partial charge is 0.338 e. The molecule has 0 amide bonds. The van der Waals surface area contributed by atoms with E-state index >= 15 is 0 Å². The zero-order valence-corrected chi connectivity index (χ0v) is 24.7. The molecule has 0 saturated heterocycles. The summed E-state index contributed by atoms with van der Waals surface area (Å²) in [6, 6.07) is 19.2. The minimum atomic E-state index is -0.964. The lowest BCUT2D eigenvalue weighted by Gasteiger charge is -2.24. The Hall–Kier alpha value is -4.32. The van der Waals surface area contributed by atoms with Crippen molar-refractivity contribution in [3.63, 3.8) is 0 Å². The van der Waals surface area contributed by atoms with Crippen molar-refractivity contribution in [1.82, 2.24) is 4.57 Å². The number of ether oxygens (including phenoxy) is 2. The standard InChI is InChI=1S/C36H37NO5/c1-36(2,3)42-35(40)23-14-16-30-31(20-23)37-21-25(27-12-8-9-13-29(27)34(38)39)18-24-19-26(41-4)15-17-28(24)33(37)32(30)22-10-6-5-7-11-22/h8-9,12-20,22H,5-7,10-11,21H2,1-4H3,(H,38,39). The van der Waals surface area contributed by atoms with Crippen LogP contribution in [-0.4, -0.2) is 34.3 Å². The van der Waals surface area contributed by atoms with Crippen LogP contribution in [0, 0.1) is 0 Å². The van der Waals surface area contributed by atoms with E-state index in [1.54, 1.807) is 19.2 Å². The largest absolute Gasteiger partial charge is 0.497 e. The van der Waals surface area contributed by atoms with Gasteiger partial charge < -0.3 is 19.1 Å². The molecule has 1 aromatic heterocycles. The number of aromatic nitrogens is 1. The van der Waals surface area contributed by atoms with Gasteiger partial charge in [-0.25, -0.2) is 9.59 Å². The molecule has 6 rings (SSSR count). The van der Waals surface area contributed by atoms with Crippen LogP contribution in [0.4, 0.5) is 0 Å². The lowest BCUT2D eigenvalue weighted by molar-refractivity contribution is 0.00694. The first kappa shape index (κ1) is 27.8. The van der Waals surface area contributed by atoms with Crippen molar-refractivity contribution in [2.75, 3.05) is 7.11 Å². The molecule has 0 atom stereocenters. The number of carboxylic acid groups (broad SMARTS) is 1. The number of carboxylic acids is 1. The highest BCUT2D eigenvalue weighted by Crippen LogP contribution is 2.48. The fourth-order valence-electron chi connectivity index (χ4n) is 6.62. The van der Waals surface area contributed by atoms with Crippen molar-refractivity contribution in [3.8, 4) is 17.0 Å². The van der Waals surface area contributed by atoms with Crippen LogP contribution in [0.2, 0.25) is 0 Å². The third-order valence-electron chi connectivity index (χ3n) is 8.43. The van der Waals surface area contributed by atoms with Crippen molar-refractivity contribution in [1.29, 1.82) is 0 Å². The summed E-state index contributed by atoms with van der Waals surface area (Å²) in [7, 11) is 1.66. The number of fused-ring (bicyclic) bond motifs is 5. The number of hydrogen-bond donors (Lipinski definition) is 1. The maximum atomic E-state index is 13.2. The molecule has 6 heteroatoms. The average Bonchev–Trinajstić information content (AvgIpc) is 3.19. The van der Waals surface area contributed by atoms with Crippen LogP contribution in [0.15, 0.2) is 60.7 Å². The molecular weight excluding hydrogens is 526 g/mol. The Balaban J connectivity index is 1.65. The minimum Gasteiger partial charge on any atom is -0.497 e. The van der Waals surface area contributed by atoms with Crippen molar-refractivity contribution >= 4 is 34.5 Å². The van der Waals surface area contributed by atoms with Crippen LogP contribution in [0.3, 0.4) is 0 Å². The third-order valence-corrected chi connectivity index (χ3v) is 8.43. The Morgan fingerprint density at radius 2 is 1.69 bits per heavy atom. The summed E-state index contributed by atoms with van der Waals surface area (Å²) in [6.45, 7) is 6.07. The highest BCUT2D eigenvalue weighted by atomic mass is 16.6. The van der Waals surface area contributed by atoms with Crippen LogP contribution in [0.1, 0.15) is 96.2 Å². The monoisotopic (exact) mass is 563 g/mol. The third kappa shape index (κ3) is 5.11. The summed E-state index contributed by atoms with van der Waals surface area (Å²) >= 11 is 0. The van der Waals surface area contributed by atoms with E-state index in [0.29, 0.717) is 23.6 Å². The summed E-state index contributed by atoms with van der Waals surface area (Å²) in [5, 5.41) is 11.2. The van der Waals surface area contributed by atoms with Gasteiger partial charge in [0.1, 0.15) is 11.4 Å². The lowest BCUT2D eigenvalue weighted by Crippen LogP contribution is -2.23. The number of aromatic carboxylic acids is 1. The summed E-state index contributed by atoms with van der Waals surface area (Å²) < 4.78 is 13.6. The average molecular weight is 564 g/mol. The Kier molecular flexibility index (Phi) is 7.17. The molecule has 1 N–H and O–H groups in total. The summed E-state index contributed by atoms with van der Waals surface area (Å²) in [5.74, 6) is -0.182. The number of esters is 1. The van der Waals surface area contributed by atoms with Gasteiger partial charge in [-0.2, -0.15) is 0 Å². The van der Waals surface area contributed by atoms with E-state index in [0.717, 1.165) is 51.9 Å². The predicted molar refractivity (Wildman–Crippen MR) is 166 cm³/mol. The second kappa shape index (κ2) is 10.8. The molecule has 0 bridgehead atoms. The second-order valence-corrected chi connectivity index (χ2v) is 12.4. The van der Waals surface area contributed by atoms with Crippen molar-refractivity contribution in [3.05, 3.63) is 88.5 Å². The summed E-state index contributed by atoms with van der Waals surface area (Å²) in [4.78, 5) is 25.5. The molecule has 3 aromatic carbocycles. The second-order valence-electron chi connectivity index (χ2n) is 12.4. The van der Waals surface area contributed by atoms with E-state index in [-0.39, 0.29) is 11.5 Å². The van der Waals surface area contributed by atoms with Gasteiger partial charge in [0.2, 0.25) is 0 Å². The van der Waals surface area contributed by atoms with Gasteiger partial charge in [0.05, 0.1) is 23.9 Å². The van der Waals surface area contributed by atoms with E-state index in [4.69, 9.17) is 9.47 Å². The SMILES string of the molecule is COc1ccc2c(c1)C=C(c1ccccc1C(=O)O)Cn1c-2c(C2CCCCC2)c2ccc(C(=O)OC(C)(C)C)cc21. The predicted octanol–water partition coefficient (Wildman–Crippen LogP) is 8.57. The van der Waals surface area contributed by atoms with Crippen LogP contribution < -0.4 is 4.74 Å². The van der Waals surface area contributed by atoms with Gasteiger partial charge in [-0.1, -0.05) is 43.5 Å². The van der Waals surface area contributed by atoms with Crippen LogP contribution in [0.5, 0.6) is 5.75 Å². The first-order valence-electron chi connectivity index (χ1n) is 14.8. The molecular formula is C36H37NO5. The van der Waals surface area contributed by atoms with Gasteiger partial charge in [-0.05, 0) is 104 Å². The Labute approximate surface area is 246 Å². The first-order chi connectivity index (χ1) is 20.1. The van der Waals surface area contributed by atoms with Gasteiger partial charge in [-0.15, -0.1) is 0 Å². The van der Waals surface area contributed by atoms with Gasteiger partial charge in [-0.3, -0.25) is 0 Å². The number of hydrogen-bond acceptors (Lipinski definition) is 4. The first-order valence-corrected chi connectivity index (χ1v) is 14.8. The van der Waals surface area contributed by atoms with Crippen molar-refractivity contribution in [2.24, 2.45) is 0 Å². The van der Waals surface area contributed by atoms with Crippen LogP contribution in [-0.2, 0) is 11.3 Å². The van der Waals surface area contributed by atoms with E-state index < -0.39 is 11.6 Å². The molecule has 1 aliphatic heterocycles. The van der Waals surface area contributed by atoms with Gasteiger partial charge in [0.25, 0.3) is 0 Å². The van der Waals surface area contributed by atoms with Gasteiger partial charge in [0.15, 0.2) is 0 Å². The number of benzene rings is 3. The highest BCUT2D eigenvalue weighted by molar-refractivity contribution is 6.03. The number of carbonyl (C=O) groups is 2. The fraction of sp³-hybridized carbons (Fsp3) is 0.333. The number of rotatable bonds is 5. The number of carbonyl (C=O) groups excluding carboxylic acids is 1. The van der Waals surface area contributed by atoms with E-state index in [1.807, 2.05) is 57.2 Å². The number of methoxy groups -OCH3 is 1. The molecule has 2 heterocycles. The Morgan fingerprint density at radius 3 is 2.40 bits per heavy atom. The van der Waals surface area contributed by atoms with Crippen molar-refractivity contribution < 1.29 is 24.2 Å². The van der Waals surface area contributed by atoms with E-state index in [1.165, 1.54) is 24.8 Å². The highest BCUT2D eigenvalue weighted by Gasteiger charge is 2.31. The summed E-state index contributed by atoms with van der Waals surface area (Å²) in [6.07, 6.45) is 7.97. The Morgan fingerprint density at radius 1 is 0.929 bits per heavy atom. The number of nitrogens with zero attached hydrogens (tertiary/aromatic N) is 1. The molecule has 1 aliphatic carbocycles. The topological polar surface area (TPSA) is 77.8 Å². The molecule has 1 saturated carbocycles. The normalized spacial score (nSPS) is 15.4. The van der Waals surface area contributed by atoms with Gasteiger partial charge >= 0.3 is 11.9 Å². The quantitative estimate of drug-likeness (QED) is 0.246. The zero-order chi connectivity index (χ0) is 29.6. The molecule has 2 aliphatic rings. The van der Waals surface area contributed by atoms with Crippen LogP contribution in [0.25, 0.3) is 33.8 Å². The molecule has 0 unspecified atom stereocenters. The molecule has 4 aromatic rings. The maximum Gasteiger partial charge on any atom is 0.338 e. The molecule has 0 radical (unpaired) electrons. The lowest BCUT2D eigenvalue weighted by atomic mass is 9.81. The number of allylic oxidation sites excluding steroid dienone is 1. The zero-order valence-electron chi connectivity index (χ0n) is 24.7.